The summed E-state index contributed by atoms with van der Waals surface area (Å²) in [7, 11) is 0. The second-order valence-corrected chi connectivity index (χ2v) is 8.66. The van der Waals surface area contributed by atoms with Gasteiger partial charge in [-0.1, -0.05) is 48.4 Å². The van der Waals surface area contributed by atoms with Crippen molar-refractivity contribution < 1.29 is 0 Å². The van der Waals surface area contributed by atoms with E-state index in [1.54, 1.807) is 5.56 Å². The molecule has 138 valence electrons. The third-order valence-corrected chi connectivity index (χ3v) is 7.09. The molecule has 3 atom stereocenters. The maximum absolute atomic E-state index is 6.36. The number of hydrogen-bond acceptors (Lipinski definition) is 2. The van der Waals surface area contributed by atoms with Gasteiger partial charge in [0.05, 0.1) is 12.2 Å². The second-order valence-electron chi connectivity index (χ2n) is 8.23. The Hall–Kier alpha value is -1.81. The van der Waals surface area contributed by atoms with Crippen LogP contribution in [0.3, 0.4) is 0 Å². The van der Waals surface area contributed by atoms with Crippen LogP contribution in [0.15, 0.2) is 48.5 Å². The van der Waals surface area contributed by atoms with Crippen molar-refractivity contribution in [3.8, 4) is 0 Å². The van der Waals surface area contributed by atoms with Crippen molar-refractivity contribution in [3.63, 3.8) is 0 Å². The first-order valence-electron chi connectivity index (χ1n) is 10.2. The molecule has 0 saturated carbocycles. The van der Waals surface area contributed by atoms with Crippen molar-refractivity contribution in [2.75, 3.05) is 13.1 Å². The van der Waals surface area contributed by atoms with Crippen LogP contribution < -0.4 is 0 Å². The van der Waals surface area contributed by atoms with E-state index >= 15 is 0 Å². The van der Waals surface area contributed by atoms with E-state index in [1.807, 2.05) is 6.07 Å². The lowest BCUT2D eigenvalue weighted by atomic mass is 9.90. The first-order chi connectivity index (χ1) is 13.3. The maximum atomic E-state index is 6.36. The largest absolute Gasteiger partial charge is 0.357 e. The van der Waals surface area contributed by atoms with Crippen molar-refractivity contribution >= 4 is 22.5 Å². The summed E-state index contributed by atoms with van der Waals surface area (Å²) in [5.41, 5.74) is 5.64. The topological polar surface area (TPSA) is 22.3 Å². The van der Waals surface area contributed by atoms with E-state index in [2.05, 4.69) is 57.2 Å². The summed E-state index contributed by atoms with van der Waals surface area (Å²) in [5.74, 6) is 0. The Morgan fingerprint density at radius 2 is 1.89 bits per heavy atom. The van der Waals surface area contributed by atoms with Crippen LogP contribution in [0.2, 0.25) is 5.02 Å². The lowest BCUT2D eigenvalue weighted by Crippen LogP contribution is -2.38. The molecule has 0 radical (unpaired) electrons. The number of aromatic amines is 1. The zero-order valence-electron chi connectivity index (χ0n) is 15.4. The summed E-state index contributed by atoms with van der Waals surface area (Å²) in [4.78, 5) is 9.30. The molecule has 2 unspecified atom stereocenters. The summed E-state index contributed by atoms with van der Waals surface area (Å²) < 4.78 is 0. The first kappa shape index (κ1) is 16.2. The van der Waals surface area contributed by atoms with Crippen LogP contribution in [0.1, 0.15) is 48.3 Å². The molecule has 2 aromatic carbocycles. The second kappa shape index (κ2) is 6.10. The van der Waals surface area contributed by atoms with Crippen LogP contribution in [0.4, 0.5) is 0 Å². The Bertz CT molecular complexity index is 1010. The van der Waals surface area contributed by atoms with E-state index in [0.29, 0.717) is 18.2 Å². The highest BCUT2D eigenvalue weighted by Crippen LogP contribution is 2.51. The number of nitrogens with zero attached hydrogens (tertiary/aromatic N) is 2. The summed E-state index contributed by atoms with van der Waals surface area (Å²) in [6.45, 7) is 2.30. The number of para-hydroxylation sites is 1. The molecule has 3 aliphatic heterocycles. The minimum absolute atomic E-state index is 0.346. The molecule has 2 saturated heterocycles. The van der Waals surface area contributed by atoms with Crippen LogP contribution in [-0.4, -0.2) is 33.9 Å². The number of halogens is 1. The lowest BCUT2D eigenvalue weighted by molar-refractivity contribution is 0.0977. The number of piperidine rings is 1. The number of benzene rings is 2. The molecular formula is C23H24ClN3. The average molecular weight is 378 g/mol. The Morgan fingerprint density at radius 1 is 0.963 bits per heavy atom. The highest BCUT2D eigenvalue weighted by atomic mass is 35.5. The molecule has 6 rings (SSSR count). The number of aromatic nitrogens is 1. The number of H-pyrrole nitrogens is 1. The average Bonchev–Trinajstić information content (AvgIpc) is 3.23. The first-order valence-corrected chi connectivity index (χ1v) is 10.6. The van der Waals surface area contributed by atoms with Gasteiger partial charge in [0.2, 0.25) is 0 Å². The van der Waals surface area contributed by atoms with Crippen molar-refractivity contribution in [2.24, 2.45) is 0 Å². The molecule has 0 amide bonds. The summed E-state index contributed by atoms with van der Waals surface area (Å²) >= 11 is 6.36. The summed E-state index contributed by atoms with van der Waals surface area (Å²) in [6.07, 6.45) is 5.39. The monoisotopic (exact) mass is 377 g/mol. The normalized spacial score (nSPS) is 28.1. The highest BCUT2D eigenvalue weighted by molar-refractivity contribution is 6.30. The molecule has 1 N–H and O–H groups in total. The summed E-state index contributed by atoms with van der Waals surface area (Å²) in [6, 6.07) is 18.4. The van der Waals surface area contributed by atoms with Gasteiger partial charge in [-0.05, 0) is 48.6 Å². The lowest BCUT2D eigenvalue weighted by Gasteiger charge is -2.35. The van der Waals surface area contributed by atoms with E-state index in [0.717, 1.165) is 18.0 Å². The molecule has 2 fully saturated rings. The molecule has 3 aromatic rings. The Labute approximate surface area is 164 Å². The molecule has 4 heterocycles. The van der Waals surface area contributed by atoms with Gasteiger partial charge < -0.3 is 4.98 Å². The third kappa shape index (κ3) is 2.35. The molecule has 4 heteroatoms. The van der Waals surface area contributed by atoms with Crippen molar-refractivity contribution in [1.82, 2.24) is 14.8 Å². The van der Waals surface area contributed by atoms with Crippen molar-refractivity contribution in [1.29, 1.82) is 0 Å². The number of fused-ring (bicyclic) bond motifs is 7. The molecule has 3 nitrogen and oxygen atoms in total. The van der Waals surface area contributed by atoms with Gasteiger partial charge >= 0.3 is 0 Å². The quantitative estimate of drug-likeness (QED) is 0.622. The van der Waals surface area contributed by atoms with E-state index in [-0.39, 0.29) is 0 Å². The number of rotatable bonds is 1. The van der Waals surface area contributed by atoms with E-state index in [9.17, 15) is 0 Å². The minimum Gasteiger partial charge on any atom is -0.357 e. The van der Waals surface area contributed by atoms with Crippen LogP contribution in [-0.2, 0) is 6.42 Å². The van der Waals surface area contributed by atoms with E-state index < -0.39 is 0 Å². The minimum atomic E-state index is 0.346. The fourth-order valence-electron chi connectivity index (χ4n) is 5.84. The Balaban J connectivity index is 1.51. The molecule has 27 heavy (non-hydrogen) atoms. The van der Waals surface area contributed by atoms with Gasteiger partial charge in [-0.3, -0.25) is 9.80 Å². The molecule has 0 aliphatic carbocycles. The number of hydrogen-bond donors (Lipinski definition) is 1. The Kier molecular flexibility index (Phi) is 3.65. The van der Waals surface area contributed by atoms with Gasteiger partial charge in [0.15, 0.2) is 0 Å². The third-order valence-electron chi connectivity index (χ3n) is 6.85. The van der Waals surface area contributed by atoms with Gasteiger partial charge in [-0.25, -0.2) is 0 Å². The predicted molar refractivity (Wildman–Crippen MR) is 110 cm³/mol. The zero-order chi connectivity index (χ0) is 18.0. The van der Waals surface area contributed by atoms with Gasteiger partial charge in [-0.2, -0.15) is 0 Å². The van der Waals surface area contributed by atoms with Gasteiger partial charge in [0, 0.05) is 40.8 Å². The van der Waals surface area contributed by atoms with E-state index in [1.165, 1.54) is 48.0 Å². The molecule has 1 aromatic heterocycles. The van der Waals surface area contributed by atoms with E-state index in [4.69, 9.17) is 11.6 Å². The number of nitrogens with one attached hydrogen (secondary N) is 1. The van der Waals surface area contributed by atoms with Gasteiger partial charge in [0.1, 0.15) is 0 Å². The van der Waals surface area contributed by atoms with Gasteiger partial charge in [-0.15, -0.1) is 0 Å². The van der Waals surface area contributed by atoms with Crippen LogP contribution in [0, 0.1) is 0 Å². The van der Waals surface area contributed by atoms with Crippen LogP contribution in [0.25, 0.3) is 10.9 Å². The Morgan fingerprint density at radius 3 is 2.81 bits per heavy atom. The zero-order valence-corrected chi connectivity index (χ0v) is 16.1. The summed E-state index contributed by atoms with van der Waals surface area (Å²) in [5, 5.41) is 2.26. The predicted octanol–water partition coefficient (Wildman–Crippen LogP) is 5.29. The van der Waals surface area contributed by atoms with Crippen LogP contribution in [0.5, 0.6) is 0 Å². The van der Waals surface area contributed by atoms with Crippen molar-refractivity contribution in [3.05, 3.63) is 70.4 Å². The standard InChI is InChI=1S/C23H24ClN3/c24-16-7-5-6-15(14-16)23-26-12-4-3-10-20(26)22-21-18(11-13-27(22)23)17-8-1-2-9-19(17)25-21/h1-2,5-9,14,20,22-23,25H,3-4,10-13H2/t20?,22-,23?/m1/s1. The molecule has 0 bridgehead atoms. The van der Waals surface area contributed by atoms with Crippen molar-refractivity contribution in [2.45, 2.75) is 43.9 Å². The fourth-order valence-corrected chi connectivity index (χ4v) is 6.04. The highest BCUT2D eigenvalue weighted by Gasteiger charge is 2.51. The fraction of sp³-hybridized carbons (Fsp3) is 0.391. The van der Waals surface area contributed by atoms with Gasteiger partial charge in [0.25, 0.3) is 0 Å². The molecule has 3 aliphatic rings. The molecule has 0 spiro atoms. The molecular weight excluding hydrogens is 354 g/mol. The van der Waals surface area contributed by atoms with Crippen LogP contribution >= 0.6 is 11.6 Å². The maximum Gasteiger partial charge on any atom is 0.0896 e. The SMILES string of the molecule is Clc1cccc(C2N3CCCCC3[C@@H]3c4[nH]c5ccccc5c4CCN23)c1. The smallest absolute Gasteiger partial charge is 0.0896 e.